The fourth-order valence-electron chi connectivity index (χ4n) is 3.72. The fourth-order valence-corrected chi connectivity index (χ4v) is 3.72. The van der Waals surface area contributed by atoms with E-state index in [2.05, 4.69) is 19.1 Å². The molecule has 3 atom stereocenters. The summed E-state index contributed by atoms with van der Waals surface area (Å²) in [6.45, 7) is 9.84. The molecule has 3 unspecified atom stereocenters. The van der Waals surface area contributed by atoms with Crippen molar-refractivity contribution in [3.05, 3.63) is 12.2 Å². The van der Waals surface area contributed by atoms with Gasteiger partial charge < -0.3 is 19.8 Å². The van der Waals surface area contributed by atoms with Crippen LogP contribution in [0.4, 0.5) is 0 Å². The van der Waals surface area contributed by atoms with Gasteiger partial charge in [-0.1, -0.05) is 59.1 Å². The number of hydrogen-bond acceptors (Lipinski definition) is 3. The topological polar surface area (TPSA) is 112 Å². The van der Waals surface area contributed by atoms with Crippen LogP contribution in [-0.2, 0) is 14.4 Å². The Bertz CT molecular complexity index is 529. The van der Waals surface area contributed by atoms with Gasteiger partial charge in [0.15, 0.2) is 0 Å². The molecule has 0 saturated heterocycles. The summed E-state index contributed by atoms with van der Waals surface area (Å²) in [6, 6.07) is 0. The lowest BCUT2D eigenvalue weighted by atomic mass is 10.0. The molecule has 3 N–H and O–H groups in total. The SMILES string of the molecule is CCCCCC/C=C/CC[N+](CCC(C)C(=O)O)(CCC(C)C(=O)O)CCC(C)C(=O)O. The largest absolute Gasteiger partial charge is 0.481 e. The van der Waals surface area contributed by atoms with Crippen LogP contribution >= 0.6 is 0 Å². The van der Waals surface area contributed by atoms with Crippen molar-refractivity contribution in [2.45, 2.75) is 85.5 Å². The van der Waals surface area contributed by atoms with Gasteiger partial charge in [-0.25, -0.2) is 0 Å². The van der Waals surface area contributed by atoms with E-state index in [1.165, 1.54) is 25.7 Å². The molecule has 186 valence electrons. The maximum atomic E-state index is 11.4. The molecule has 0 heterocycles. The van der Waals surface area contributed by atoms with Gasteiger partial charge in [0.05, 0.1) is 43.9 Å². The molecule has 7 heteroatoms. The van der Waals surface area contributed by atoms with E-state index in [1.807, 2.05) is 0 Å². The Morgan fingerprint density at radius 3 is 1.44 bits per heavy atom. The Kier molecular flexibility index (Phi) is 15.7. The van der Waals surface area contributed by atoms with Crippen molar-refractivity contribution in [1.82, 2.24) is 0 Å². The van der Waals surface area contributed by atoms with Gasteiger partial charge in [0, 0.05) is 25.7 Å². The van der Waals surface area contributed by atoms with Crippen molar-refractivity contribution in [3.63, 3.8) is 0 Å². The predicted octanol–water partition coefficient (Wildman–Crippen LogP) is 5.05. The number of nitrogens with zero attached hydrogens (tertiary/aromatic N) is 1. The second kappa shape index (κ2) is 16.7. The van der Waals surface area contributed by atoms with Crippen LogP contribution in [0.3, 0.4) is 0 Å². The molecular weight excluding hydrogens is 410 g/mol. The van der Waals surface area contributed by atoms with E-state index in [0.29, 0.717) is 43.4 Å². The molecule has 7 nitrogen and oxygen atoms in total. The van der Waals surface area contributed by atoms with Gasteiger partial charge in [-0.2, -0.15) is 0 Å². The second-order valence-corrected chi connectivity index (χ2v) is 9.43. The Labute approximate surface area is 194 Å². The normalized spacial score (nSPS) is 16.4. The minimum atomic E-state index is -0.840. The average Bonchev–Trinajstić information content (AvgIpc) is 2.75. The number of carbonyl (C=O) groups is 3. The number of rotatable bonds is 20. The zero-order chi connectivity index (χ0) is 24.6. The molecule has 0 aromatic carbocycles. The molecule has 0 radical (unpaired) electrons. The van der Waals surface area contributed by atoms with Crippen molar-refractivity contribution in [2.24, 2.45) is 17.8 Å². The summed E-state index contributed by atoms with van der Waals surface area (Å²) in [4.78, 5) is 34.1. The quantitative estimate of drug-likeness (QED) is 0.134. The van der Waals surface area contributed by atoms with Gasteiger partial charge in [0.2, 0.25) is 0 Å². The van der Waals surface area contributed by atoms with Gasteiger partial charge in [0.25, 0.3) is 0 Å². The molecule has 0 spiro atoms. The second-order valence-electron chi connectivity index (χ2n) is 9.43. The third kappa shape index (κ3) is 13.5. The number of allylic oxidation sites excluding steroid dienone is 1. The molecule has 0 bridgehead atoms. The summed E-state index contributed by atoms with van der Waals surface area (Å²) >= 11 is 0. The lowest BCUT2D eigenvalue weighted by molar-refractivity contribution is -0.929. The van der Waals surface area contributed by atoms with Crippen LogP contribution in [0.1, 0.15) is 85.5 Å². The minimum Gasteiger partial charge on any atom is -0.481 e. The monoisotopic (exact) mass is 456 g/mol. The van der Waals surface area contributed by atoms with Gasteiger partial charge >= 0.3 is 17.9 Å². The Balaban J connectivity index is 5.32. The van der Waals surface area contributed by atoms with E-state index >= 15 is 0 Å². The number of hydrogen-bond donors (Lipinski definition) is 3. The third-order valence-electron chi connectivity index (χ3n) is 6.54. The molecule has 0 aromatic rings. The first kappa shape index (κ1) is 30.1. The molecule has 0 rings (SSSR count). The standard InChI is InChI=1S/C25H45NO6/c1-5-6-7-8-9-10-11-12-16-26(17-13-20(2)23(27)28,18-14-21(3)24(29)30)19-15-22(4)25(31)32/h10-11,20-22H,5-9,12-19H2,1-4H3,(H2-,27,28,29,30,31,32)/p+1/b11-10+. The summed E-state index contributed by atoms with van der Waals surface area (Å²) in [5, 5.41) is 28.0. The lowest BCUT2D eigenvalue weighted by Crippen LogP contribution is -2.52. The summed E-state index contributed by atoms with van der Waals surface area (Å²) in [6.07, 6.45) is 12.5. The molecule has 0 aliphatic heterocycles. The molecule has 0 aliphatic rings. The van der Waals surface area contributed by atoms with Crippen molar-refractivity contribution in [1.29, 1.82) is 0 Å². The van der Waals surface area contributed by atoms with Crippen molar-refractivity contribution < 1.29 is 34.2 Å². The summed E-state index contributed by atoms with van der Waals surface area (Å²) < 4.78 is 0.563. The first-order valence-corrected chi connectivity index (χ1v) is 12.2. The van der Waals surface area contributed by atoms with E-state index in [0.717, 1.165) is 19.4 Å². The molecule has 0 fully saturated rings. The number of carboxylic acids is 3. The minimum absolute atomic E-state index is 0.485. The van der Waals surface area contributed by atoms with Crippen molar-refractivity contribution in [3.8, 4) is 0 Å². The van der Waals surface area contributed by atoms with Gasteiger partial charge in [-0.3, -0.25) is 14.4 Å². The Morgan fingerprint density at radius 2 is 1.06 bits per heavy atom. The first-order chi connectivity index (χ1) is 15.0. The zero-order valence-corrected chi connectivity index (χ0v) is 20.6. The molecule has 0 saturated carbocycles. The molecule has 0 amide bonds. The maximum Gasteiger partial charge on any atom is 0.306 e. The number of quaternary nitrogens is 1. The fraction of sp³-hybridized carbons (Fsp3) is 0.800. The smallest absolute Gasteiger partial charge is 0.306 e. The van der Waals surface area contributed by atoms with Gasteiger partial charge in [-0.05, 0) is 12.8 Å². The van der Waals surface area contributed by atoms with Crippen LogP contribution in [0.15, 0.2) is 12.2 Å². The molecule has 0 aromatic heterocycles. The number of unbranched alkanes of at least 4 members (excludes halogenated alkanes) is 4. The van der Waals surface area contributed by atoms with Crippen LogP contribution in [0.5, 0.6) is 0 Å². The molecule has 32 heavy (non-hydrogen) atoms. The van der Waals surface area contributed by atoms with Gasteiger partial charge in [-0.15, -0.1) is 0 Å². The first-order valence-electron chi connectivity index (χ1n) is 12.2. The summed E-state index contributed by atoms with van der Waals surface area (Å²) in [5.41, 5.74) is 0. The molecule has 0 aliphatic carbocycles. The number of carboxylic acid groups (broad SMARTS) is 3. The summed E-state index contributed by atoms with van der Waals surface area (Å²) in [5.74, 6) is -3.99. The predicted molar refractivity (Wildman–Crippen MR) is 126 cm³/mol. The Morgan fingerprint density at radius 1 is 0.656 bits per heavy atom. The third-order valence-corrected chi connectivity index (χ3v) is 6.54. The summed E-state index contributed by atoms with van der Waals surface area (Å²) in [7, 11) is 0. The highest BCUT2D eigenvalue weighted by molar-refractivity contribution is 5.70. The van der Waals surface area contributed by atoms with Gasteiger partial charge in [0.1, 0.15) is 0 Å². The van der Waals surface area contributed by atoms with Crippen molar-refractivity contribution in [2.75, 3.05) is 26.2 Å². The van der Waals surface area contributed by atoms with Crippen molar-refractivity contribution >= 4 is 17.9 Å². The average molecular weight is 457 g/mol. The van der Waals surface area contributed by atoms with E-state index in [1.54, 1.807) is 20.8 Å². The van der Waals surface area contributed by atoms with E-state index in [4.69, 9.17) is 0 Å². The van der Waals surface area contributed by atoms with Crippen LogP contribution in [0.25, 0.3) is 0 Å². The van der Waals surface area contributed by atoms with Crippen LogP contribution in [0, 0.1) is 17.8 Å². The Hall–Kier alpha value is -1.89. The van der Waals surface area contributed by atoms with E-state index in [9.17, 15) is 29.7 Å². The zero-order valence-electron chi connectivity index (χ0n) is 20.6. The lowest BCUT2D eigenvalue weighted by Gasteiger charge is -2.40. The maximum absolute atomic E-state index is 11.4. The van der Waals surface area contributed by atoms with Crippen LogP contribution in [0.2, 0.25) is 0 Å². The van der Waals surface area contributed by atoms with Crippen LogP contribution < -0.4 is 0 Å². The van der Waals surface area contributed by atoms with Crippen LogP contribution in [-0.4, -0.2) is 63.9 Å². The number of aliphatic carboxylic acids is 3. The molecular formula is C25H46NO6+. The van der Waals surface area contributed by atoms with E-state index in [-0.39, 0.29) is 0 Å². The van der Waals surface area contributed by atoms with E-state index < -0.39 is 35.7 Å². The highest BCUT2D eigenvalue weighted by atomic mass is 16.4. The highest BCUT2D eigenvalue weighted by Gasteiger charge is 2.31. The highest BCUT2D eigenvalue weighted by Crippen LogP contribution is 2.21.